The van der Waals surface area contributed by atoms with E-state index in [4.69, 9.17) is 17.0 Å². The summed E-state index contributed by atoms with van der Waals surface area (Å²) in [5.74, 6) is 0.174. The number of aromatic amines is 1. The van der Waals surface area contributed by atoms with Crippen LogP contribution in [-0.2, 0) is 0 Å². The Hall–Kier alpha value is -2.75. The van der Waals surface area contributed by atoms with Crippen LogP contribution in [0.3, 0.4) is 0 Å². The molecule has 2 rings (SSSR count). The van der Waals surface area contributed by atoms with Crippen LogP contribution in [0.1, 0.15) is 31.2 Å². The summed E-state index contributed by atoms with van der Waals surface area (Å²) in [6.45, 7) is 3.87. The van der Waals surface area contributed by atoms with Gasteiger partial charge >= 0.3 is 5.69 Å². The standard InChI is InChI=1S/C13H15N5O4S/c1-7(2)12-15-16-13(23)17(12)14-6-8-4-9(18(20)21)11(19)10(5-8)22-3/h4-7,19H,1-3H3,(H,16,23)/b14-6-. The third kappa shape index (κ3) is 3.37. The van der Waals surface area contributed by atoms with Crippen LogP contribution < -0.4 is 4.74 Å². The number of rotatable bonds is 5. The number of aromatic hydroxyl groups is 1. The van der Waals surface area contributed by atoms with Crippen molar-refractivity contribution in [2.45, 2.75) is 19.8 Å². The van der Waals surface area contributed by atoms with Crippen molar-refractivity contribution in [2.75, 3.05) is 7.11 Å². The van der Waals surface area contributed by atoms with E-state index in [1.54, 1.807) is 0 Å². The normalized spacial score (nSPS) is 11.3. The van der Waals surface area contributed by atoms with Crippen LogP contribution in [0.5, 0.6) is 11.5 Å². The first-order chi connectivity index (χ1) is 10.8. The van der Waals surface area contributed by atoms with Crippen LogP contribution in [0.25, 0.3) is 0 Å². The van der Waals surface area contributed by atoms with Gasteiger partial charge in [0.1, 0.15) is 0 Å². The fourth-order valence-electron chi connectivity index (χ4n) is 1.90. The van der Waals surface area contributed by atoms with Crippen molar-refractivity contribution in [3.63, 3.8) is 0 Å². The molecule has 0 amide bonds. The molecular formula is C13H15N5O4S. The number of methoxy groups -OCH3 is 1. The zero-order valence-corrected chi connectivity index (χ0v) is 13.5. The molecule has 10 heteroatoms. The van der Waals surface area contributed by atoms with E-state index >= 15 is 0 Å². The predicted octanol–water partition coefficient (Wildman–Crippen LogP) is 2.57. The minimum Gasteiger partial charge on any atom is -0.500 e. The molecule has 2 aromatic rings. The van der Waals surface area contributed by atoms with Gasteiger partial charge in [0.2, 0.25) is 10.5 Å². The minimum absolute atomic E-state index is 0.0134. The number of H-pyrrole nitrogens is 1. The maximum atomic E-state index is 11.0. The Balaban J connectivity index is 2.48. The van der Waals surface area contributed by atoms with E-state index in [2.05, 4.69) is 15.3 Å². The maximum Gasteiger partial charge on any atom is 0.315 e. The highest BCUT2D eigenvalue weighted by atomic mass is 32.1. The lowest BCUT2D eigenvalue weighted by atomic mass is 10.2. The SMILES string of the molecule is COc1cc(/C=N\n2c(C(C)C)n[nH]c2=S)cc([N+](=O)[O-])c1O. The van der Waals surface area contributed by atoms with Gasteiger partial charge in [-0.15, -0.1) is 0 Å². The first-order valence-electron chi connectivity index (χ1n) is 6.62. The molecule has 1 heterocycles. The van der Waals surface area contributed by atoms with E-state index in [0.717, 1.165) is 0 Å². The monoisotopic (exact) mass is 337 g/mol. The number of nitro benzene ring substituents is 1. The van der Waals surface area contributed by atoms with Gasteiger partial charge in [0.05, 0.1) is 18.2 Å². The van der Waals surface area contributed by atoms with Gasteiger partial charge in [0.15, 0.2) is 11.6 Å². The lowest BCUT2D eigenvalue weighted by Crippen LogP contribution is -2.01. The second-order valence-electron chi connectivity index (χ2n) is 4.95. The second kappa shape index (κ2) is 6.57. The number of aromatic nitrogens is 3. The number of phenols is 1. The zero-order chi connectivity index (χ0) is 17.1. The highest BCUT2D eigenvalue weighted by Gasteiger charge is 2.19. The maximum absolute atomic E-state index is 11.0. The summed E-state index contributed by atoms with van der Waals surface area (Å²) >= 11 is 5.10. The van der Waals surface area contributed by atoms with Crippen molar-refractivity contribution < 1.29 is 14.8 Å². The van der Waals surface area contributed by atoms with Crippen molar-refractivity contribution >= 4 is 24.1 Å². The molecule has 0 aliphatic rings. The van der Waals surface area contributed by atoms with Gasteiger partial charge < -0.3 is 9.84 Å². The summed E-state index contributed by atoms with van der Waals surface area (Å²) in [6.07, 6.45) is 1.38. The molecule has 0 bridgehead atoms. The molecule has 1 aromatic heterocycles. The average molecular weight is 337 g/mol. The van der Waals surface area contributed by atoms with Gasteiger partial charge in [0, 0.05) is 17.5 Å². The molecule has 9 nitrogen and oxygen atoms in total. The number of ether oxygens (including phenoxy) is 1. The van der Waals surface area contributed by atoms with E-state index in [9.17, 15) is 15.2 Å². The van der Waals surface area contributed by atoms with Gasteiger partial charge in [-0.1, -0.05) is 13.8 Å². The summed E-state index contributed by atoms with van der Waals surface area (Å²) in [7, 11) is 1.31. The van der Waals surface area contributed by atoms with Crippen LogP contribution in [0.2, 0.25) is 0 Å². The predicted molar refractivity (Wildman–Crippen MR) is 85.8 cm³/mol. The third-order valence-electron chi connectivity index (χ3n) is 3.01. The largest absolute Gasteiger partial charge is 0.500 e. The van der Waals surface area contributed by atoms with Crippen LogP contribution in [-0.4, -0.2) is 38.2 Å². The number of benzene rings is 1. The molecule has 1 aromatic carbocycles. The number of hydrogen-bond acceptors (Lipinski definition) is 7. The Bertz CT molecular complexity index is 824. The number of nitrogens with one attached hydrogen (secondary N) is 1. The first-order valence-corrected chi connectivity index (χ1v) is 7.03. The Kier molecular flexibility index (Phi) is 4.74. The smallest absolute Gasteiger partial charge is 0.315 e. The third-order valence-corrected chi connectivity index (χ3v) is 3.27. The molecule has 0 aliphatic carbocycles. The lowest BCUT2D eigenvalue weighted by molar-refractivity contribution is -0.386. The zero-order valence-electron chi connectivity index (χ0n) is 12.7. The molecule has 0 unspecified atom stereocenters. The van der Waals surface area contributed by atoms with Crippen molar-refractivity contribution in [3.8, 4) is 11.5 Å². The second-order valence-corrected chi connectivity index (χ2v) is 5.33. The molecule has 0 aliphatic heterocycles. The van der Waals surface area contributed by atoms with Crippen LogP contribution >= 0.6 is 12.2 Å². The Labute approximate surface area is 136 Å². The molecule has 122 valence electrons. The number of nitrogens with zero attached hydrogens (tertiary/aromatic N) is 4. The van der Waals surface area contributed by atoms with E-state index in [1.807, 2.05) is 13.8 Å². The summed E-state index contributed by atoms with van der Waals surface area (Å²) in [4.78, 5) is 10.3. The molecule has 0 fully saturated rings. The van der Waals surface area contributed by atoms with Crippen LogP contribution in [0.15, 0.2) is 17.2 Å². The molecular weight excluding hydrogens is 322 g/mol. The van der Waals surface area contributed by atoms with E-state index < -0.39 is 16.4 Å². The Morgan fingerprint density at radius 1 is 1.57 bits per heavy atom. The van der Waals surface area contributed by atoms with Gasteiger partial charge in [-0.2, -0.15) is 14.9 Å². The highest BCUT2D eigenvalue weighted by Crippen LogP contribution is 2.36. The molecule has 0 spiro atoms. The summed E-state index contributed by atoms with van der Waals surface area (Å²) in [5, 5.41) is 31.7. The molecule has 0 atom stereocenters. The molecule has 0 saturated heterocycles. The van der Waals surface area contributed by atoms with E-state index in [0.29, 0.717) is 16.2 Å². The molecule has 0 saturated carbocycles. The van der Waals surface area contributed by atoms with Crippen molar-refractivity contribution in [1.82, 2.24) is 14.9 Å². The number of hydrogen-bond donors (Lipinski definition) is 2. The van der Waals surface area contributed by atoms with Gasteiger partial charge in [0.25, 0.3) is 0 Å². The number of nitro groups is 1. The first kappa shape index (κ1) is 16.6. The lowest BCUT2D eigenvalue weighted by Gasteiger charge is -2.06. The van der Waals surface area contributed by atoms with Crippen LogP contribution in [0, 0.1) is 14.9 Å². The van der Waals surface area contributed by atoms with Gasteiger partial charge in [-0.25, -0.2) is 0 Å². The van der Waals surface area contributed by atoms with Gasteiger partial charge in [-0.05, 0) is 18.3 Å². The highest BCUT2D eigenvalue weighted by molar-refractivity contribution is 7.71. The fourth-order valence-corrected chi connectivity index (χ4v) is 2.08. The Morgan fingerprint density at radius 3 is 2.83 bits per heavy atom. The van der Waals surface area contributed by atoms with Crippen LogP contribution in [0.4, 0.5) is 5.69 Å². The van der Waals surface area contributed by atoms with Crippen molar-refractivity contribution in [3.05, 3.63) is 38.4 Å². The van der Waals surface area contributed by atoms with Crippen molar-refractivity contribution in [1.29, 1.82) is 0 Å². The van der Waals surface area contributed by atoms with E-state index in [-0.39, 0.29) is 11.7 Å². The topological polar surface area (TPSA) is 119 Å². The quantitative estimate of drug-likeness (QED) is 0.374. The molecule has 2 N–H and O–H groups in total. The number of phenolic OH excluding ortho intramolecular Hbond substituents is 1. The average Bonchev–Trinajstić information content (AvgIpc) is 2.87. The summed E-state index contributed by atoms with van der Waals surface area (Å²) in [6, 6.07) is 2.63. The molecule has 0 radical (unpaired) electrons. The van der Waals surface area contributed by atoms with E-state index in [1.165, 1.54) is 30.1 Å². The Morgan fingerprint density at radius 2 is 2.26 bits per heavy atom. The summed E-state index contributed by atoms with van der Waals surface area (Å²) in [5.41, 5.74) is -0.0881. The fraction of sp³-hybridized carbons (Fsp3) is 0.308. The molecule has 23 heavy (non-hydrogen) atoms. The minimum atomic E-state index is -0.696. The summed E-state index contributed by atoms with van der Waals surface area (Å²) < 4.78 is 6.68. The van der Waals surface area contributed by atoms with Crippen molar-refractivity contribution in [2.24, 2.45) is 5.10 Å². The van der Waals surface area contributed by atoms with Gasteiger partial charge in [-0.3, -0.25) is 15.2 Å².